The van der Waals surface area contributed by atoms with Crippen molar-refractivity contribution in [1.82, 2.24) is 4.90 Å². The molecule has 6 heteroatoms. The molecule has 1 saturated carbocycles. The van der Waals surface area contributed by atoms with Crippen LogP contribution < -0.4 is 0 Å². The number of rotatable bonds is 2. The second-order valence-electron chi connectivity index (χ2n) is 4.89. The highest BCUT2D eigenvalue weighted by Gasteiger charge is 2.53. The fraction of sp³-hybridized carbons (Fsp3) is 0.818. The Bertz CT molecular complexity index is 343. The van der Waals surface area contributed by atoms with Crippen LogP contribution in [0.5, 0.6) is 0 Å². The second-order valence-corrected chi connectivity index (χ2v) is 4.89. The number of likely N-dealkylation sites (tertiary alicyclic amines) is 1. The summed E-state index contributed by atoms with van der Waals surface area (Å²) in [6.07, 6.45) is 0.632. The number of carboxylic acid groups (broad SMARTS) is 1. The number of alkyl halides is 2. The summed E-state index contributed by atoms with van der Waals surface area (Å²) in [7, 11) is 0. The number of carbonyl (C=O) groups excluding carboxylic acids is 1. The monoisotopic (exact) mass is 247 g/mol. The van der Waals surface area contributed by atoms with Crippen LogP contribution in [0.1, 0.15) is 32.1 Å². The van der Waals surface area contributed by atoms with Crippen molar-refractivity contribution in [2.75, 3.05) is 13.1 Å². The van der Waals surface area contributed by atoms with Gasteiger partial charge in [0, 0.05) is 25.9 Å². The maximum Gasteiger partial charge on any atom is 0.319 e. The first-order valence-corrected chi connectivity index (χ1v) is 5.78. The summed E-state index contributed by atoms with van der Waals surface area (Å²) < 4.78 is 25.9. The van der Waals surface area contributed by atoms with Gasteiger partial charge in [-0.3, -0.25) is 9.59 Å². The van der Waals surface area contributed by atoms with Crippen LogP contribution in [-0.2, 0) is 9.59 Å². The summed E-state index contributed by atoms with van der Waals surface area (Å²) in [6, 6.07) is 0. The third-order valence-electron chi connectivity index (χ3n) is 3.81. The summed E-state index contributed by atoms with van der Waals surface area (Å²) >= 11 is 0. The van der Waals surface area contributed by atoms with E-state index < -0.39 is 23.2 Å². The van der Waals surface area contributed by atoms with Gasteiger partial charge < -0.3 is 10.0 Å². The Morgan fingerprint density at radius 3 is 1.94 bits per heavy atom. The Morgan fingerprint density at radius 2 is 1.59 bits per heavy atom. The summed E-state index contributed by atoms with van der Waals surface area (Å²) in [4.78, 5) is 24.5. The molecule has 0 spiro atoms. The zero-order chi connectivity index (χ0) is 12.7. The average molecular weight is 247 g/mol. The number of amides is 1. The molecule has 2 rings (SSSR count). The van der Waals surface area contributed by atoms with Crippen molar-refractivity contribution in [3.63, 3.8) is 0 Å². The van der Waals surface area contributed by atoms with Crippen LogP contribution in [0.2, 0.25) is 0 Å². The molecule has 0 bridgehead atoms. The fourth-order valence-corrected chi connectivity index (χ4v) is 2.39. The lowest BCUT2D eigenvalue weighted by Gasteiger charge is -2.42. The molecule has 1 heterocycles. The SMILES string of the molecule is O=C(O)C1(C(=O)N2CCC(F)(F)CC2)CCC1. The Morgan fingerprint density at radius 1 is 1.06 bits per heavy atom. The van der Waals surface area contributed by atoms with Crippen LogP contribution in [0.3, 0.4) is 0 Å². The van der Waals surface area contributed by atoms with Gasteiger partial charge in [0.2, 0.25) is 5.91 Å². The van der Waals surface area contributed by atoms with Crippen LogP contribution in [0.25, 0.3) is 0 Å². The summed E-state index contributed by atoms with van der Waals surface area (Å²) in [5.74, 6) is -4.31. The van der Waals surface area contributed by atoms with Crippen molar-refractivity contribution < 1.29 is 23.5 Å². The molecule has 0 atom stereocenters. The normalized spacial score (nSPS) is 26.1. The molecule has 17 heavy (non-hydrogen) atoms. The lowest BCUT2D eigenvalue weighted by Crippen LogP contribution is -2.55. The molecule has 0 unspecified atom stereocenters. The highest BCUT2D eigenvalue weighted by Crippen LogP contribution is 2.43. The number of piperidine rings is 1. The molecule has 2 aliphatic rings. The molecule has 1 amide bonds. The largest absolute Gasteiger partial charge is 0.480 e. The van der Waals surface area contributed by atoms with E-state index in [0.29, 0.717) is 19.3 Å². The first kappa shape index (κ1) is 12.3. The maximum absolute atomic E-state index is 12.9. The Labute approximate surface area is 97.6 Å². The Hall–Kier alpha value is -1.20. The fourth-order valence-electron chi connectivity index (χ4n) is 2.39. The van der Waals surface area contributed by atoms with Crippen LogP contribution >= 0.6 is 0 Å². The highest BCUT2D eigenvalue weighted by molar-refractivity contribution is 6.02. The van der Waals surface area contributed by atoms with Crippen molar-refractivity contribution >= 4 is 11.9 Å². The van der Waals surface area contributed by atoms with Gasteiger partial charge in [0.15, 0.2) is 0 Å². The predicted molar refractivity (Wildman–Crippen MR) is 54.7 cm³/mol. The molecule has 1 aliphatic carbocycles. The van der Waals surface area contributed by atoms with E-state index in [1.165, 1.54) is 4.90 Å². The Kier molecular flexibility index (Phi) is 2.83. The van der Waals surface area contributed by atoms with Gasteiger partial charge in [0.25, 0.3) is 5.92 Å². The number of hydrogen-bond acceptors (Lipinski definition) is 2. The molecule has 2 fully saturated rings. The quantitative estimate of drug-likeness (QED) is 0.752. The van der Waals surface area contributed by atoms with Gasteiger partial charge in [-0.05, 0) is 12.8 Å². The molecule has 0 radical (unpaired) electrons. The van der Waals surface area contributed by atoms with Crippen molar-refractivity contribution in [2.45, 2.75) is 38.0 Å². The smallest absolute Gasteiger partial charge is 0.319 e. The number of halogens is 2. The summed E-state index contributed by atoms with van der Waals surface area (Å²) in [5.41, 5.74) is -1.33. The number of aliphatic carboxylic acids is 1. The number of carboxylic acids is 1. The molecule has 4 nitrogen and oxygen atoms in total. The third kappa shape index (κ3) is 2.00. The van der Waals surface area contributed by atoms with E-state index in [1.54, 1.807) is 0 Å². The zero-order valence-electron chi connectivity index (χ0n) is 9.42. The third-order valence-corrected chi connectivity index (χ3v) is 3.81. The van der Waals surface area contributed by atoms with Crippen molar-refractivity contribution in [2.24, 2.45) is 5.41 Å². The molecule has 0 aromatic rings. The van der Waals surface area contributed by atoms with E-state index in [9.17, 15) is 18.4 Å². The van der Waals surface area contributed by atoms with Gasteiger partial charge in [-0.2, -0.15) is 0 Å². The summed E-state index contributed by atoms with van der Waals surface area (Å²) in [5, 5.41) is 9.09. The van der Waals surface area contributed by atoms with Gasteiger partial charge in [0.05, 0.1) is 0 Å². The molecule has 0 aromatic heterocycles. The van der Waals surface area contributed by atoms with Crippen LogP contribution in [0.4, 0.5) is 8.78 Å². The predicted octanol–water partition coefficient (Wildman–Crippen LogP) is 1.50. The van der Waals surface area contributed by atoms with Crippen molar-refractivity contribution in [1.29, 1.82) is 0 Å². The van der Waals surface area contributed by atoms with Gasteiger partial charge in [-0.1, -0.05) is 6.42 Å². The van der Waals surface area contributed by atoms with E-state index in [0.717, 1.165) is 0 Å². The number of nitrogens with zero attached hydrogens (tertiary/aromatic N) is 1. The van der Waals surface area contributed by atoms with E-state index in [1.807, 2.05) is 0 Å². The second kappa shape index (κ2) is 3.92. The van der Waals surface area contributed by atoms with E-state index in [-0.39, 0.29) is 25.9 Å². The van der Waals surface area contributed by atoms with Gasteiger partial charge in [0.1, 0.15) is 5.41 Å². The lowest BCUT2D eigenvalue weighted by molar-refractivity contribution is -0.170. The first-order valence-electron chi connectivity index (χ1n) is 5.78. The molecular formula is C11H15F2NO3. The lowest BCUT2D eigenvalue weighted by atomic mass is 9.67. The van der Waals surface area contributed by atoms with Gasteiger partial charge >= 0.3 is 5.97 Å². The topological polar surface area (TPSA) is 57.6 Å². The highest BCUT2D eigenvalue weighted by atomic mass is 19.3. The maximum atomic E-state index is 12.9. The number of carbonyl (C=O) groups is 2. The molecule has 1 N–H and O–H groups in total. The molecule has 0 aromatic carbocycles. The summed E-state index contributed by atoms with van der Waals surface area (Å²) in [6.45, 7) is -0.0816. The molecule has 96 valence electrons. The van der Waals surface area contributed by atoms with Gasteiger partial charge in [-0.25, -0.2) is 8.78 Å². The van der Waals surface area contributed by atoms with Crippen LogP contribution in [-0.4, -0.2) is 40.9 Å². The zero-order valence-corrected chi connectivity index (χ0v) is 9.42. The Balaban J connectivity index is 2.04. The van der Waals surface area contributed by atoms with Crippen LogP contribution in [0.15, 0.2) is 0 Å². The van der Waals surface area contributed by atoms with Crippen molar-refractivity contribution in [3.05, 3.63) is 0 Å². The van der Waals surface area contributed by atoms with Crippen LogP contribution in [0, 0.1) is 5.41 Å². The minimum absolute atomic E-state index is 0.0408. The number of hydrogen-bond donors (Lipinski definition) is 1. The standard InChI is InChI=1S/C11H15F2NO3/c12-11(13)4-6-14(7-5-11)8(15)10(9(16)17)2-1-3-10/h1-7H2,(H,16,17). The van der Waals surface area contributed by atoms with Crippen molar-refractivity contribution in [3.8, 4) is 0 Å². The van der Waals surface area contributed by atoms with E-state index in [4.69, 9.17) is 5.11 Å². The first-order chi connectivity index (χ1) is 7.87. The molecular weight excluding hydrogens is 232 g/mol. The van der Waals surface area contributed by atoms with Gasteiger partial charge in [-0.15, -0.1) is 0 Å². The van der Waals surface area contributed by atoms with E-state index >= 15 is 0 Å². The molecule has 1 saturated heterocycles. The minimum Gasteiger partial charge on any atom is -0.480 e. The average Bonchev–Trinajstić information content (AvgIpc) is 2.14. The minimum atomic E-state index is -2.72. The van der Waals surface area contributed by atoms with E-state index in [2.05, 4.69) is 0 Å². The molecule has 1 aliphatic heterocycles.